The number of hydrogen-bond acceptors (Lipinski definition) is 3. The molecule has 0 aliphatic rings. The molecule has 0 saturated heterocycles. The van der Waals surface area contributed by atoms with Gasteiger partial charge >= 0.3 is 5.97 Å². The Morgan fingerprint density at radius 2 is 1.93 bits per heavy atom. The van der Waals surface area contributed by atoms with Crippen LogP contribution in [0.1, 0.15) is 6.92 Å². The number of rotatable bonds is 2. The molecule has 0 aliphatic heterocycles. The minimum atomic E-state index is -1.44. The van der Waals surface area contributed by atoms with Crippen LogP contribution in [0.15, 0.2) is 0 Å². The molecule has 0 aromatic heterocycles. The molecule has 0 rings (SSSR count). The van der Waals surface area contributed by atoms with Gasteiger partial charge in [0.25, 0.3) is 0 Å². The number of ether oxygens (including phenoxy) is 1. The van der Waals surface area contributed by atoms with Crippen molar-refractivity contribution in [3.05, 3.63) is 0 Å². The Morgan fingerprint density at radius 1 is 1.43 bits per heavy atom. The molecule has 0 spiro atoms. The molecule has 2 atom stereocenters. The van der Waals surface area contributed by atoms with E-state index in [1.54, 1.807) is 6.92 Å². The molecule has 3 nitrogen and oxygen atoms in total. The maximum atomic E-state index is 10.9. The van der Waals surface area contributed by atoms with Gasteiger partial charge in [0.2, 0.25) is 0 Å². The Kier molecular flexibility index (Phi) is 4.88. The smallest absolute Gasteiger partial charge is 0.335 e. The predicted octanol–water partition coefficient (Wildman–Crippen LogP) is 1.04. The first-order valence-corrected chi connectivity index (χ1v) is 8.06. The summed E-state index contributed by atoms with van der Waals surface area (Å²) in [7, 11) is -0.181. The van der Waals surface area contributed by atoms with E-state index in [1.807, 2.05) is 0 Å². The standard InChI is InChI=1S/C10H18O3Si/c1-8(6-7-14(3,4)5)9(11)10(12)13-2/h8-9,11H,1-5H3. The van der Waals surface area contributed by atoms with Crippen molar-refractivity contribution in [2.24, 2.45) is 5.92 Å². The van der Waals surface area contributed by atoms with Crippen molar-refractivity contribution >= 4 is 14.0 Å². The molecule has 0 amide bonds. The molecule has 2 unspecified atom stereocenters. The van der Waals surface area contributed by atoms with E-state index in [4.69, 9.17) is 0 Å². The zero-order valence-corrected chi connectivity index (χ0v) is 10.4. The first-order valence-electron chi connectivity index (χ1n) is 4.56. The second-order valence-electron chi connectivity index (χ2n) is 4.28. The van der Waals surface area contributed by atoms with Crippen molar-refractivity contribution < 1.29 is 14.6 Å². The summed E-state index contributed by atoms with van der Waals surface area (Å²) in [5.74, 6) is 1.91. The Balaban J connectivity index is 4.39. The third-order valence-electron chi connectivity index (χ3n) is 1.59. The average Bonchev–Trinajstić information content (AvgIpc) is 2.10. The molecule has 0 aliphatic carbocycles. The number of carbonyl (C=O) groups excluding carboxylic acids is 1. The van der Waals surface area contributed by atoms with Crippen molar-refractivity contribution in [1.29, 1.82) is 0 Å². The van der Waals surface area contributed by atoms with Crippen LogP contribution in [0.5, 0.6) is 0 Å². The monoisotopic (exact) mass is 214 g/mol. The van der Waals surface area contributed by atoms with Crippen LogP contribution in [0, 0.1) is 17.4 Å². The molecule has 0 saturated carbocycles. The normalized spacial score (nSPS) is 15.0. The summed E-state index contributed by atoms with van der Waals surface area (Å²) in [4.78, 5) is 10.9. The Bertz CT molecular complexity index is 257. The van der Waals surface area contributed by atoms with E-state index in [1.165, 1.54) is 7.11 Å². The van der Waals surface area contributed by atoms with E-state index >= 15 is 0 Å². The first-order chi connectivity index (χ1) is 6.28. The van der Waals surface area contributed by atoms with Gasteiger partial charge in [0.1, 0.15) is 8.07 Å². The fourth-order valence-corrected chi connectivity index (χ4v) is 1.39. The number of aliphatic hydroxyl groups is 1. The van der Waals surface area contributed by atoms with Crippen molar-refractivity contribution in [1.82, 2.24) is 0 Å². The molecule has 14 heavy (non-hydrogen) atoms. The Morgan fingerprint density at radius 3 is 2.29 bits per heavy atom. The molecule has 0 aromatic rings. The zero-order chi connectivity index (χ0) is 11.4. The topological polar surface area (TPSA) is 46.5 Å². The number of aliphatic hydroxyl groups excluding tert-OH is 1. The summed E-state index contributed by atoms with van der Waals surface area (Å²) < 4.78 is 4.42. The highest BCUT2D eigenvalue weighted by Gasteiger charge is 2.21. The van der Waals surface area contributed by atoms with E-state index < -0.39 is 20.1 Å². The highest BCUT2D eigenvalue weighted by Crippen LogP contribution is 2.05. The SMILES string of the molecule is COC(=O)C(O)C(C)C#C[Si](C)(C)C. The molecule has 0 bridgehead atoms. The Hall–Kier alpha value is -0.793. The lowest BCUT2D eigenvalue weighted by molar-refractivity contribution is -0.151. The van der Waals surface area contributed by atoms with Crippen LogP contribution < -0.4 is 0 Å². The van der Waals surface area contributed by atoms with Gasteiger partial charge in [0.05, 0.1) is 13.0 Å². The molecule has 4 heteroatoms. The lowest BCUT2D eigenvalue weighted by Gasteiger charge is -2.12. The van der Waals surface area contributed by atoms with Crippen LogP contribution in [0.25, 0.3) is 0 Å². The van der Waals surface area contributed by atoms with Crippen molar-refractivity contribution in [3.63, 3.8) is 0 Å². The van der Waals surface area contributed by atoms with E-state index in [0.717, 1.165) is 0 Å². The first kappa shape index (κ1) is 13.2. The van der Waals surface area contributed by atoms with Crippen LogP contribution >= 0.6 is 0 Å². The summed E-state index contributed by atoms with van der Waals surface area (Å²) in [6.45, 7) is 8.04. The van der Waals surface area contributed by atoms with Gasteiger partial charge in [-0.25, -0.2) is 4.79 Å². The highest BCUT2D eigenvalue weighted by atomic mass is 28.3. The Labute approximate surface area is 86.5 Å². The maximum absolute atomic E-state index is 10.9. The molecule has 0 radical (unpaired) electrons. The molecular formula is C10H18O3Si. The van der Waals surface area contributed by atoms with Gasteiger partial charge in [-0.05, 0) is 6.92 Å². The van der Waals surface area contributed by atoms with Crippen molar-refractivity contribution in [3.8, 4) is 11.5 Å². The van der Waals surface area contributed by atoms with E-state index in [0.29, 0.717) is 0 Å². The van der Waals surface area contributed by atoms with Crippen LogP contribution in [0.4, 0.5) is 0 Å². The average molecular weight is 214 g/mol. The lowest BCUT2D eigenvalue weighted by atomic mass is 10.1. The molecule has 0 heterocycles. The molecule has 0 fully saturated rings. The quantitative estimate of drug-likeness (QED) is 0.424. The molecule has 80 valence electrons. The predicted molar refractivity (Wildman–Crippen MR) is 58.3 cm³/mol. The fraction of sp³-hybridized carbons (Fsp3) is 0.700. The van der Waals surface area contributed by atoms with Crippen LogP contribution in [-0.2, 0) is 9.53 Å². The maximum Gasteiger partial charge on any atom is 0.335 e. The van der Waals surface area contributed by atoms with Gasteiger partial charge in [-0.2, -0.15) is 0 Å². The largest absolute Gasteiger partial charge is 0.467 e. The summed E-state index contributed by atoms with van der Waals surface area (Å²) in [5.41, 5.74) is 3.10. The molecular weight excluding hydrogens is 196 g/mol. The number of hydrogen-bond donors (Lipinski definition) is 1. The van der Waals surface area contributed by atoms with Crippen molar-refractivity contribution in [2.45, 2.75) is 32.7 Å². The second kappa shape index (κ2) is 5.18. The van der Waals surface area contributed by atoms with Gasteiger partial charge in [0.15, 0.2) is 6.10 Å². The number of methoxy groups -OCH3 is 1. The summed E-state index contributed by atoms with van der Waals surface area (Å²) in [5, 5.41) is 9.42. The third-order valence-corrected chi connectivity index (χ3v) is 2.49. The number of carbonyl (C=O) groups is 1. The fourth-order valence-electron chi connectivity index (χ4n) is 0.734. The minimum Gasteiger partial charge on any atom is -0.467 e. The van der Waals surface area contributed by atoms with E-state index in [-0.39, 0.29) is 5.92 Å². The van der Waals surface area contributed by atoms with Crippen LogP contribution in [0.3, 0.4) is 0 Å². The highest BCUT2D eigenvalue weighted by molar-refractivity contribution is 6.83. The zero-order valence-electron chi connectivity index (χ0n) is 9.42. The second-order valence-corrected chi connectivity index (χ2v) is 9.03. The van der Waals surface area contributed by atoms with Crippen LogP contribution in [0.2, 0.25) is 19.6 Å². The molecule has 1 N–H and O–H groups in total. The van der Waals surface area contributed by atoms with Gasteiger partial charge < -0.3 is 9.84 Å². The lowest BCUT2D eigenvalue weighted by Crippen LogP contribution is -2.28. The van der Waals surface area contributed by atoms with Gasteiger partial charge in [-0.15, -0.1) is 11.5 Å². The molecule has 0 aromatic carbocycles. The third kappa shape index (κ3) is 5.05. The van der Waals surface area contributed by atoms with Gasteiger partial charge in [-0.1, -0.05) is 19.6 Å². The summed E-state index contributed by atoms with van der Waals surface area (Å²) in [6, 6.07) is 0. The van der Waals surface area contributed by atoms with Crippen LogP contribution in [-0.4, -0.2) is 32.4 Å². The summed E-state index contributed by atoms with van der Waals surface area (Å²) >= 11 is 0. The van der Waals surface area contributed by atoms with Gasteiger partial charge in [0, 0.05) is 0 Å². The van der Waals surface area contributed by atoms with E-state index in [9.17, 15) is 9.90 Å². The summed E-state index contributed by atoms with van der Waals surface area (Å²) in [6.07, 6.45) is -1.14. The number of esters is 1. The van der Waals surface area contributed by atoms with Gasteiger partial charge in [-0.3, -0.25) is 0 Å². The minimum absolute atomic E-state index is 0.367. The van der Waals surface area contributed by atoms with E-state index in [2.05, 4.69) is 35.8 Å². The van der Waals surface area contributed by atoms with Crippen molar-refractivity contribution in [2.75, 3.05) is 7.11 Å².